The van der Waals surface area contributed by atoms with Crippen LogP contribution in [-0.4, -0.2) is 70.1 Å². The van der Waals surface area contributed by atoms with E-state index in [0.29, 0.717) is 32.0 Å². The number of aromatic amines is 1. The smallest absolute Gasteiger partial charge is 0.377 e. The maximum absolute atomic E-state index is 13.1. The molecule has 14 heteroatoms. The number of rotatable bonds is 6. The number of H-pyrrole nitrogens is 1. The van der Waals surface area contributed by atoms with Crippen molar-refractivity contribution in [1.82, 2.24) is 30.6 Å². The molecule has 2 amide bonds. The Morgan fingerprint density at radius 2 is 2.03 bits per heavy atom. The number of urea groups is 1. The van der Waals surface area contributed by atoms with Gasteiger partial charge in [-0.15, -0.1) is 10.2 Å². The second-order valence-corrected chi connectivity index (χ2v) is 7.40. The van der Waals surface area contributed by atoms with Gasteiger partial charge in [0.15, 0.2) is 11.5 Å². The van der Waals surface area contributed by atoms with Crippen molar-refractivity contribution in [2.75, 3.05) is 42.9 Å². The Balaban J connectivity index is 1.45. The van der Waals surface area contributed by atoms with Gasteiger partial charge in [-0.25, -0.2) is 9.89 Å². The van der Waals surface area contributed by atoms with E-state index in [1.807, 2.05) is 11.0 Å². The zero-order valence-corrected chi connectivity index (χ0v) is 18.1. The van der Waals surface area contributed by atoms with E-state index >= 15 is 0 Å². The van der Waals surface area contributed by atoms with Crippen LogP contribution in [0.5, 0.6) is 0 Å². The maximum Gasteiger partial charge on any atom is 0.423 e. The number of halogens is 3. The van der Waals surface area contributed by atoms with Gasteiger partial charge in [0, 0.05) is 38.8 Å². The molecule has 2 aromatic rings. The Morgan fingerprint density at radius 3 is 2.65 bits per heavy atom. The normalized spacial score (nSPS) is 15.1. The van der Waals surface area contributed by atoms with Crippen molar-refractivity contribution in [3.63, 3.8) is 0 Å². The van der Waals surface area contributed by atoms with E-state index in [1.54, 1.807) is 41.2 Å². The third kappa shape index (κ3) is 6.21. The number of hydrogen-bond donors (Lipinski definition) is 3. The minimum atomic E-state index is -4.83. The first-order valence-corrected chi connectivity index (χ1v) is 10.3. The molecule has 3 rings (SSSR count). The van der Waals surface area contributed by atoms with Gasteiger partial charge in [0.05, 0.1) is 11.9 Å². The topological polar surface area (TPSA) is 143 Å². The monoisotopic (exact) mass is 477 g/mol. The molecule has 3 N–H and O–H groups in total. The molecule has 0 radical (unpaired) electrons. The fourth-order valence-electron chi connectivity index (χ4n) is 3.30. The van der Waals surface area contributed by atoms with Crippen LogP contribution in [0.15, 0.2) is 35.3 Å². The van der Waals surface area contributed by atoms with E-state index in [-0.39, 0.29) is 18.3 Å². The highest BCUT2D eigenvalue weighted by atomic mass is 19.4. The third-order valence-electron chi connectivity index (χ3n) is 4.97. The largest absolute Gasteiger partial charge is 0.423 e. The van der Waals surface area contributed by atoms with Gasteiger partial charge in [-0.1, -0.05) is 12.2 Å². The number of carbonyl (C=O) groups excluding carboxylic acids is 1. The van der Waals surface area contributed by atoms with Gasteiger partial charge >= 0.3 is 12.2 Å². The first-order valence-electron chi connectivity index (χ1n) is 10.3. The Morgan fingerprint density at radius 1 is 1.29 bits per heavy atom. The molecule has 1 aliphatic rings. The summed E-state index contributed by atoms with van der Waals surface area (Å²) < 4.78 is 39.3. The average Bonchev–Trinajstić information content (AvgIpc) is 2.81. The summed E-state index contributed by atoms with van der Waals surface area (Å²) in [5.74, 6) is 0.632. The zero-order chi connectivity index (χ0) is 24.7. The second kappa shape index (κ2) is 10.6. The molecule has 0 spiro atoms. The first-order chi connectivity index (χ1) is 16.2. The van der Waals surface area contributed by atoms with Gasteiger partial charge < -0.3 is 20.4 Å². The number of carbonyl (C=O) groups is 1. The summed E-state index contributed by atoms with van der Waals surface area (Å²) in [7, 11) is 0. The van der Waals surface area contributed by atoms with Crippen molar-refractivity contribution in [3.05, 3.63) is 52.1 Å². The van der Waals surface area contributed by atoms with Gasteiger partial charge in [-0.3, -0.25) is 4.79 Å². The number of piperazine rings is 1. The van der Waals surface area contributed by atoms with Crippen molar-refractivity contribution < 1.29 is 18.0 Å². The number of hydrogen-bond acceptors (Lipinski definition) is 8. The van der Waals surface area contributed by atoms with Crippen LogP contribution in [0.25, 0.3) is 0 Å². The highest BCUT2D eigenvalue weighted by molar-refractivity contribution is 5.74. The highest BCUT2D eigenvalue weighted by Crippen LogP contribution is 2.31. The van der Waals surface area contributed by atoms with Crippen LogP contribution in [0, 0.1) is 11.3 Å². The second-order valence-electron chi connectivity index (χ2n) is 7.40. The number of nitrogens with one attached hydrogen (secondary N) is 3. The van der Waals surface area contributed by atoms with Crippen molar-refractivity contribution >= 4 is 17.5 Å². The molecule has 1 unspecified atom stereocenters. The molecule has 180 valence electrons. The summed E-state index contributed by atoms with van der Waals surface area (Å²) in [6.45, 7) is 3.81. The molecule has 11 nitrogen and oxygen atoms in total. The molecule has 0 bridgehead atoms. The summed E-state index contributed by atoms with van der Waals surface area (Å²) in [6, 6.07) is 4.37. The quantitative estimate of drug-likeness (QED) is 0.529. The lowest BCUT2D eigenvalue weighted by molar-refractivity contribution is -0.138. The molecule has 0 saturated carbocycles. The molecule has 0 aliphatic carbocycles. The van der Waals surface area contributed by atoms with E-state index < -0.39 is 29.0 Å². The number of nitrogens with zero attached hydrogens (tertiary/aromatic N) is 6. The van der Waals surface area contributed by atoms with Crippen LogP contribution >= 0.6 is 0 Å². The lowest BCUT2D eigenvalue weighted by Crippen LogP contribution is -2.52. The SMILES string of the molecule is CC(/C=C/CNC(=O)N1CCN(c2ccc(C#N)nn2)CC1)Nc1cn[nH]c(=O)c1C(F)(F)F. The molecular formula is C20H22F3N9O2. The van der Waals surface area contributed by atoms with Gasteiger partial charge in [0.2, 0.25) is 0 Å². The molecule has 2 aromatic heterocycles. The molecule has 1 saturated heterocycles. The number of aromatic nitrogens is 4. The van der Waals surface area contributed by atoms with E-state index in [4.69, 9.17) is 5.26 Å². The predicted octanol–water partition coefficient (Wildman–Crippen LogP) is 1.34. The summed E-state index contributed by atoms with van der Waals surface area (Å²) in [4.78, 5) is 27.5. The van der Waals surface area contributed by atoms with Gasteiger partial charge in [-0.2, -0.15) is 23.5 Å². The third-order valence-corrected chi connectivity index (χ3v) is 4.97. The van der Waals surface area contributed by atoms with Crippen LogP contribution in [0.1, 0.15) is 18.2 Å². The lowest BCUT2D eigenvalue weighted by Gasteiger charge is -2.35. The van der Waals surface area contributed by atoms with Crippen molar-refractivity contribution in [1.29, 1.82) is 5.26 Å². The van der Waals surface area contributed by atoms with Gasteiger partial charge in [0.1, 0.15) is 11.6 Å². The molecule has 0 aromatic carbocycles. The van der Waals surface area contributed by atoms with E-state index in [1.165, 1.54) is 0 Å². The molecule has 1 fully saturated rings. The lowest BCUT2D eigenvalue weighted by atomic mass is 10.2. The summed E-state index contributed by atoms with van der Waals surface area (Å²) in [5.41, 5.74) is -2.87. The van der Waals surface area contributed by atoms with Gasteiger partial charge in [-0.05, 0) is 19.1 Å². The number of amides is 2. The van der Waals surface area contributed by atoms with Crippen LogP contribution in [-0.2, 0) is 6.18 Å². The summed E-state index contributed by atoms with van der Waals surface area (Å²) >= 11 is 0. The van der Waals surface area contributed by atoms with Crippen LogP contribution in [0.2, 0.25) is 0 Å². The molecule has 1 aliphatic heterocycles. The number of nitriles is 1. The van der Waals surface area contributed by atoms with Crippen LogP contribution in [0.4, 0.5) is 29.5 Å². The van der Waals surface area contributed by atoms with Crippen molar-refractivity contribution in [2.24, 2.45) is 0 Å². The molecule has 3 heterocycles. The number of anilines is 2. The van der Waals surface area contributed by atoms with E-state index in [0.717, 1.165) is 6.20 Å². The average molecular weight is 477 g/mol. The minimum absolute atomic E-state index is 0.173. The van der Waals surface area contributed by atoms with Crippen LogP contribution in [0.3, 0.4) is 0 Å². The summed E-state index contributed by atoms with van der Waals surface area (Å²) in [5, 5.41) is 27.1. The number of alkyl halides is 3. The highest BCUT2D eigenvalue weighted by Gasteiger charge is 2.37. The Kier molecular flexibility index (Phi) is 7.67. The summed E-state index contributed by atoms with van der Waals surface area (Å²) in [6.07, 6.45) is -0.748. The van der Waals surface area contributed by atoms with Crippen molar-refractivity contribution in [2.45, 2.75) is 19.1 Å². The van der Waals surface area contributed by atoms with Crippen LogP contribution < -0.4 is 21.1 Å². The van der Waals surface area contributed by atoms with E-state index in [9.17, 15) is 22.8 Å². The predicted molar refractivity (Wildman–Crippen MR) is 116 cm³/mol. The molecular weight excluding hydrogens is 455 g/mol. The fraction of sp³-hybridized carbons (Fsp3) is 0.400. The Bertz CT molecular complexity index is 1120. The van der Waals surface area contributed by atoms with E-state index in [2.05, 4.69) is 25.9 Å². The maximum atomic E-state index is 13.1. The van der Waals surface area contributed by atoms with Crippen molar-refractivity contribution in [3.8, 4) is 6.07 Å². The zero-order valence-electron chi connectivity index (χ0n) is 18.1. The minimum Gasteiger partial charge on any atom is -0.377 e. The Labute approximate surface area is 192 Å². The molecule has 1 atom stereocenters. The molecule has 34 heavy (non-hydrogen) atoms. The van der Waals surface area contributed by atoms with Gasteiger partial charge in [0.25, 0.3) is 5.56 Å². The fourth-order valence-corrected chi connectivity index (χ4v) is 3.30. The first kappa shape index (κ1) is 24.5. The Hall–Kier alpha value is -4.15. The standard InChI is InChI=1S/C20H22F3N9O2/c1-13(27-15-12-26-30-18(33)17(15)20(21,22)23)3-2-6-25-19(34)32-9-7-31(8-10-32)16-5-4-14(11-24)28-29-16/h2-5,12-13H,6-10H2,1H3,(H,25,34)(H2,27,30,33)/b3-2+.